The number of hydrogen-bond donors (Lipinski definition) is 1. The second-order valence-corrected chi connectivity index (χ2v) is 7.56. The minimum absolute atomic E-state index is 0.126. The van der Waals surface area contributed by atoms with Crippen LogP contribution in [0.2, 0.25) is 5.02 Å². The van der Waals surface area contributed by atoms with Crippen LogP contribution in [0.3, 0.4) is 0 Å². The minimum Gasteiger partial charge on any atom is -0.496 e. The number of nitrogens with one attached hydrogen (secondary N) is 1. The smallest absolute Gasteiger partial charge is 0.282 e. The van der Waals surface area contributed by atoms with Crippen molar-refractivity contribution in [1.82, 2.24) is 0 Å². The summed E-state index contributed by atoms with van der Waals surface area (Å²) in [5, 5.41) is 3.59. The molecule has 3 aromatic carbocycles. The molecule has 0 bridgehead atoms. The Hall–Kier alpha value is -3.77. The SMILES string of the molecule is COc1ccccc1NC1=C(c2ccccc2OC)C(=O)N(c2ccc(C)c(Cl)c2)C1=O. The van der Waals surface area contributed by atoms with Crippen LogP contribution in [0.25, 0.3) is 5.57 Å². The number of rotatable bonds is 6. The van der Waals surface area contributed by atoms with E-state index >= 15 is 0 Å². The number of carbonyl (C=O) groups excluding carboxylic acids is 2. The number of ether oxygens (including phenoxy) is 2. The lowest BCUT2D eigenvalue weighted by molar-refractivity contribution is -0.120. The maximum absolute atomic E-state index is 13.6. The highest BCUT2D eigenvalue weighted by Gasteiger charge is 2.41. The van der Waals surface area contributed by atoms with Crippen molar-refractivity contribution in [1.29, 1.82) is 0 Å². The Labute approximate surface area is 191 Å². The molecule has 1 aliphatic rings. The van der Waals surface area contributed by atoms with Gasteiger partial charge in [-0.25, -0.2) is 4.90 Å². The van der Waals surface area contributed by atoms with Crippen molar-refractivity contribution >= 4 is 40.4 Å². The van der Waals surface area contributed by atoms with E-state index in [0.717, 1.165) is 10.5 Å². The lowest BCUT2D eigenvalue weighted by atomic mass is 10.0. The number of hydrogen-bond acceptors (Lipinski definition) is 5. The summed E-state index contributed by atoms with van der Waals surface area (Å²) < 4.78 is 10.9. The molecule has 32 heavy (non-hydrogen) atoms. The fraction of sp³-hybridized carbons (Fsp3) is 0.120. The lowest BCUT2D eigenvalue weighted by Crippen LogP contribution is -2.32. The highest BCUT2D eigenvalue weighted by molar-refractivity contribution is 6.46. The summed E-state index contributed by atoms with van der Waals surface area (Å²) in [5.41, 5.74) is 2.63. The maximum Gasteiger partial charge on any atom is 0.282 e. The van der Waals surface area contributed by atoms with Crippen molar-refractivity contribution in [3.8, 4) is 11.5 Å². The Morgan fingerprint density at radius 3 is 2.19 bits per heavy atom. The van der Waals surface area contributed by atoms with Gasteiger partial charge in [-0.3, -0.25) is 9.59 Å². The molecule has 2 amide bonds. The monoisotopic (exact) mass is 448 g/mol. The molecule has 0 saturated carbocycles. The summed E-state index contributed by atoms with van der Waals surface area (Å²) in [4.78, 5) is 28.3. The van der Waals surface area contributed by atoms with Crippen molar-refractivity contribution in [3.05, 3.63) is 88.6 Å². The first kappa shape index (κ1) is 21.5. The van der Waals surface area contributed by atoms with E-state index in [2.05, 4.69) is 5.32 Å². The molecule has 1 heterocycles. The number of benzene rings is 3. The van der Waals surface area contributed by atoms with E-state index in [-0.39, 0.29) is 11.3 Å². The van der Waals surface area contributed by atoms with Gasteiger partial charge >= 0.3 is 0 Å². The predicted molar refractivity (Wildman–Crippen MR) is 125 cm³/mol. The van der Waals surface area contributed by atoms with Gasteiger partial charge in [0.15, 0.2) is 0 Å². The largest absolute Gasteiger partial charge is 0.496 e. The zero-order valence-electron chi connectivity index (χ0n) is 17.8. The topological polar surface area (TPSA) is 67.9 Å². The third kappa shape index (κ3) is 3.69. The molecule has 162 valence electrons. The van der Waals surface area contributed by atoms with Crippen LogP contribution in [0, 0.1) is 6.92 Å². The van der Waals surface area contributed by atoms with Gasteiger partial charge in [0.2, 0.25) is 0 Å². The fourth-order valence-corrected chi connectivity index (χ4v) is 3.76. The van der Waals surface area contributed by atoms with E-state index in [1.165, 1.54) is 14.2 Å². The van der Waals surface area contributed by atoms with Gasteiger partial charge in [-0.1, -0.05) is 48.0 Å². The molecule has 0 aliphatic carbocycles. The van der Waals surface area contributed by atoms with Gasteiger partial charge in [-0.15, -0.1) is 0 Å². The fourth-order valence-electron chi connectivity index (χ4n) is 3.58. The van der Waals surface area contributed by atoms with Crippen molar-refractivity contribution in [2.24, 2.45) is 0 Å². The molecule has 0 saturated heterocycles. The lowest BCUT2D eigenvalue weighted by Gasteiger charge is -2.17. The molecular weight excluding hydrogens is 428 g/mol. The van der Waals surface area contributed by atoms with Crippen molar-refractivity contribution in [2.75, 3.05) is 24.4 Å². The molecule has 0 radical (unpaired) electrons. The number of amides is 2. The van der Waals surface area contributed by atoms with Crippen LogP contribution in [0.15, 0.2) is 72.4 Å². The van der Waals surface area contributed by atoms with Crippen LogP contribution in [0.5, 0.6) is 11.5 Å². The van der Waals surface area contributed by atoms with Gasteiger partial charge < -0.3 is 14.8 Å². The molecule has 0 atom stereocenters. The number of para-hydroxylation sites is 3. The normalized spacial score (nSPS) is 13.6. The third-order valence-electron chi connectivity index (χ3n) is 5.24. The Bertz CT molecular complexity index is 1250. The summed E-state index contributed by atoms with van der Waals surface area (Å²) in [6.07, 6.45) is 0. The number of nitrogens with zero attached hydrogens (tertiary/aromatic N) is 1. The van der Waals surface area contributed by atoms with Gasteiger partial charge in [0, 0.05) is 10.6 Å². The number of imide groups is 1. The highest BCUT2D eigenvalue weighted by atomic mass is 35.5. The van der Waals surface area contributed by atoms with E-state index in [1.807, 2.05) is 19.1 Å². The molecule has 0 spiro atoms. The maximum atomic E-state index is 13.6. The quantitative estimate of drug-likeness (QED) is 0.534. The Kier molecular flexibility index (Phi) is 5.88. The standard InChI is InChI=1S/C25H21ClN2O4/c1-15-12-13-16(14-18(15)26)28-24(29)22(17-8-4-6-10-20(17)31-2)23(25(28)30)27-19-9-5-7-11-21(19)32-3/h4-14,27H,1-3H3. The van der Waals surface area contributed by atoms with E-state index in [1.54, 1.807) is 54.6 Å². The average Bonchev–Trinajstić information content (AvgIpc) is 3.05. The average molecular weight is 449 g/mol. The first-order valence-electron chi connectivity index (χ1n) is 9.89. The second-order valence-electron chi connectivity index (χ2n) is 7.15. The Morgan fingerprint density at radius 2 is 1.50 bits per heavy atom. The molecular formula is C25H21ClN2O4. The van der Waals surface area contributed by atoms with Crippen molar-refractivity contribution in [3.63, 3.8) is 0 Å². The zero-order valence-corrected chi connectivity index (χ0v) is 18.6. The van der Waals surface area contributed by atoms with Gasteiger partial charge in [-0.2, -0.15) is 0 Å². The number of methoxy groups -OCH3 is 2. The molecule has 7 heteroatoms. The highest BCUT2D eigenvalue weighted by Crippen LogP contribution is 2.39. The summed E-state index contributed by atoms with van der Waals surface area (Å²) in [6.45, 7) is 1.85. The van der Waals surface area contributed by atoms with E-state index in [9.17, 15) is 9.59 Å². The number of halogens is 1. The van der Waals surface area contributed by atoms with Crippen LogP contribution in [0.4, 0.5) is 11.4 Å². The molecule has 0 aromatic heterocycles. The van der Waals surface area contributed by atoms with E-state index < -0.39 is 11.8 Å². The molecule has 1 N–H and O–H groups in total. The molecule has 3 aromatic rings. The van der Waals surface area contributed by atoms with E-state index in [0.29, 0.717) is 33.5 Å². The first-order valence-corrected chi connectivity index (χ1v) is 10.3. The van der Waals surface area contributed by atoms with Crippen LogP contribution in [-0.2, 0) is 9.59 Å². The number of anilines is 2. The molecule has 4 rings (SSSR count). The molecule has 0 fully saturated rings. The van der Waals surface area contributed by atoms with Crippen molar-refractivity contribution in [2.45, 2.75) is 6.92 Å². The molecule has 0 unspecified atom stereocenters. The van der Waals surface area contributed by atoms with Crippen LogP contribution >= 0.6 is 11.6 Å². The first-order chi connectivity index (χ1) is 15.5. The van der Waals surface area contributed by atoms with Crippen LogP contribution < -0.4 is 19.7 Å². The van der Waals surface area contributed by atoms with Crippen molar-refractivity contribution < 1.29 is 19.1 Å². The summed E-state index contributed by atoms with van der Waals surface area (Å²) in [5.74, 6) is 0.0433. The second kappa shape index (κ2) is 8.77. The van der Waals surface area contributed by atoms with Gasteiger partial charge in [0.1, 0.15) is 17.2 Å². The molecule has 6 nitrogen and oxygen atoms in total. The van der Waals surface area contributed by atoms with Crippen LogP contribution in [0.1, 0.15) is 11.1 Å². The van der Waals surface area contributed by atoms with Gasteiger partial charge in [0.25, 0.3) is 11.8 Å². The Morgan fingerprint density at radius 1 is 0.844 bits per heavy atom. The number of carbonyl (C=O) groups is 2. The summed E-state index contributed by atoms with van der Waals surface area (Å²) >= 11 is 6.28. The molecule has 1 aliphatic heterocycles. The number of aryl methyl sites for hydroxylation is 1. The summed E-state index contributed by atoms with van der Waals surface area (Å²) in [6, 6.07) is 19.3. The predicted octanol–water partition coefficient (Wildman–Crippen LogP) is 5.06. The van der Waals surface area contributed by atoms with Gasteiger partial charge in [0.05, 0.1) is 31.2 Å². The van der Waals surface area contributed by atoms with Gasteiger partial charge in [-0.05, 0) is 42.8 Å². The third-order valence-corrected chi connectivity index (χ3v) is 5.65. The van der Waals surface area contributed by atoms with E-state index in [4.69, 9.17) is 21.1 Å². The van der Waals surface area contributed by atoms with Crippen LogP contribution in [-0.4, -0.2) is 26.0 Å². The minimum atomic E-state index is -0.498. The zero-order chi connectivity index (χ0) is 22.8. The Balaban J connectivity index is 1.89. The summed E-state index contributed by atoms with van der Waals surface area (Å²) in [7, 11) is 3.06.